The quantitative estimate of drug-likeness (QED) is 0.496. The van der Waals surface area contributed by atoms with Crippen LogP contribution >= 0.6 is 0 Å². The second-order valence-electron chi connectivity index (χ2n) is 8.42. The number of benzene rings is 2. The van der Waals surface area contributed by atoms with E-state index in [2.05, 4.69) is 16.6 Å². The second kappa shape index (κ2) is 7.80. The van der Waals surface area contributed by atoms with E-state index in [9.17, 15) is 17.6 Å². The maximum Gasteiger partial charge on any atom is 0.418 e. The normalized spacial score (nSPS) is 19.0. The van der Waals surface area contributed by atoms with Crippen LogP contribution in [0.5, 0.6) is 0 Å². The molecule has 166 valence electrons. The summed E-state index contributed by atoms with van der Waals surface area (Å²) in [6.07, 6.45) is -0.177. The van der Waals surface area contributed by atoms with Crippen molar-refractivity contribution in [1.82, 2.24) is 0 Å². The highest BCUT2D eigenvalue weighted by atomic mass is 19.4. The van der Waals surface area contributed by atoms with Gasteiger partial charge in [-0.1, -0.05) is 18.7 Å². The molecule has 0 unspecified atom stereocenters. The molecule has 3 nitrogen and oxygen atoms in total. The maximum atomic E-state index is 14.0. The smallest absolute Gasteiger partial charge is 0.371 e. The summed E-state index contributed by atoms with van der Waals surface area (Å²) in [5.74, 6) is -0.409. The molecule has 0 bridgehead atoms. The molecule has 0 spiro atoms. The molecule has 32 heavy (non-hydrogen) atoms. The van der Waals surface area contributed by atoms with E-state index in [0.717, 1.165) is 61.7 Å². The molecule has 2 aromatic rings. The average Bonchev–Trinajstić information content (AvgIpc) is 3.46. The van der Waals surface area contributed by atoms with Gasteiger partial charge in [-0.25, -0.2) is 9.40 Å². The Morgan fingerprint density at radius 1 is 0.906 bits per heavy atom. The topological polar surface area (TPSA) is 18.8 Å². The van der Waals surface area contributed by atoms with E-state index >= 15 is 0 Å². The molecule has 0 atom stereocenters. The number of alkyl halides is 3. The van der Waals surface area contributed by atoms with Crippen molar-refractivity contribution in [3.63, 3.8) is 0 Å². The monoisotopic (exact) mass is 441 g/mol. The zero-order chi connectivity index (χ0) is 22.5. The molecule has 2 aromatic carbocycles. The zero-order valence-electron chi connectivity index (χ0n) is 17.6. The Balaban J connectivity index is 1.67. The molecule has 1 aliphatic carbocycles. The highest BCUT2D eigenvalue weighted by Gasteiger charge is 2.38. The van der Waals surface area contributed by atoms with Crippen molar-refractivity contribution < 1.29 is 17.6 Å². The Kier molecular flexibility index (Phi) is 5.07. The minimum absolute atomic E-state index is 0.0424. The van der Waals surface area contributed by atoms with Crippen molar-refractivity contribution in [3.8, 4) is 0 Å². The first-order chi connectivity index (χ1) is 15.3. The van der Waals surface area contributed by atoms with Crippen LogP contribution < -0.4 is 9.91 Å². The van der Waals surface area contributed by atoms with E-state index in [0.29, 0.717) is 23.4 Å². The minimum atomic E-state index is -4.54. The van der Waals surface area contributed by atoms with Gasteiger partial charge in [-0.05, 0) is 73.6 Å². The second-order valence-corrected chi connectivity index (χ2v) is 8.42. The summed E-state index contributed by atoms with van der Waals surface area (Å²) in [6.45, 7) is 5.75. The molecule has 2 heterocycles. The molecule has 0 amide bonds. The first-order valence-electron chi connectivity index (χ1n) is 10.9. The third kappa shape index (κ3) is 3.59. The fourth-order valence-electron chi connectivity index (χ4n) is 4.85. The van der Waals surface area contributed by atoms with Crippen LogP contribution in [0.1, 0.15) is 43.2 Å². The first-order valence-corrected chi connectivity index (χ1v) is 10.9. The van der Waals surface area contributed by atoms with Gasteiger partial charge in [-0.3, -0.25) is 0 Å². The Morgan fingerprint density at radius 2 is 1.66 bits per heavy atom. The summed E-state index contributed by atoms with van der Waals surface area (Å²) in [4.78, 5) is 2.09. The first kappa shape index (κ1) is 20.8. The van der Waals surface area contributed by atoms with Crippen LogP contribution in [0.2, 0.25) is 0 Å². The van der Waals surface area contributed by atoms with Gasteiger partial charge in [-0.15, -0.1) is 0 Å². The van der Waals surface area contributed by atoms with Crippen molar-refractivity contribution in [3.05, 3.63) is 82.8 Å². The van der Waals surface area contributed by atoms with Gasteiger partial charge in [-0.2, -0.15) is 18.3 Å². The number of anilines is 2. The predicted octanol–water partition coefficient (Wildman–Crippen LogP) is 6.66. The van der Waals surface area contributed by atoms with E-state index in [1.807, 2.05) is 0 Å². The Bertz CT molecular complexity index is 1140. The molecule has 0 radical (unpaired) electrons. The molecule has 1 saturated heterocycles. The molecule has 5 rings (SSSR count). The van der Waals surface area contributed by atoms with E-state index in [1.165, 1.54) is 23.2 Å². The third-order valence-corrected chi connectivity index (χ3v) is 6.39. The van der Waals surface area contributed by atoms with E-state index in [4.69, 9.17) is 0 Å². The lowest BCUT2D eigenvalue weighted by Gasteiger charge is -2.32. The highest BCUT2D eigenvalue weighted by molar-refractivity contribution is 6.15. The van der Waals surface area contributed by atoms with Crippen molar-refractivity contribution in [2.75, 3.05) is 23.0 Å². The number of hydrogen-bond donors (Lipinski definition) is 0. The lowest BCUT2D eigenvalue weighted by atomic mass is 9.96. The summed E-state index contributed by atoms with van der Waals surface area (Å²) in [5.41, 5.74) is 3.32. The number of halogens is 4. The van der Waals surface area contributed by atoms with Gasteiger partial charge < -0.3 is 4.90 Å². The van der Waals surface area contributed by atoms with Gasteiger partial charge in [0.05, 0.1) is 22.7 Å². The standard InChI is InChI=1S/C25H23F4N3/c1-16-20-8-5-9-21(20)24(17-6-4-7-18(26)14-17)30-32(16)23-15-19(31-12-2-3-13-31)10-11-22(23)25(27,28)29/h4,6-7,10-11,14-15H,1-3,5,8-9,12-13H2. The molecule has 1 fully saturated rings. The molecular weight excluding hydrogens is 418 g/mol. The van der Waals surface area contributed by atoms with Gasteiger partial charge in [0.25, 0.3) is 0 Å². The molecule has 0 N–H and O–H groups in total. The summed E-state index contributed by atoms with van der Waals surface area (Å²) in [7, 11) is 0. The zero-order valence-corrected chi connectivity index (χ0v) is 17.6. The highest BCUT2D eigenvalue weighted by Crippen LogP contribution is 2.45. The van der Waals surface area contributed by atoms with Crippen molar-refractivity contribution in [2.24, 2.45) is 5.10 Å². The number of rotatable bonds is 3. The van der Waals surface area contributed by atoms with Gasteiger partial charge in [0.2, 0.25) is 0 Å². The number of nitrogens with zero attached hydrogens (tertiary/aromatic N) is 3. The van der Waals surface area contributed by atoms with Crippen LogP contribution in [-0.2, 0) is 6.18 Å². The maximum absolute atomic E-state index is 14.0. The van der Waals surface area contributed by atoms with Gasteiger partial charge >= 0.3 is 6.18 Å². The number of allylic oxidation sites excluding steroid dienone is 2. The largest absolute Gasteiger partial charge is 0.418 e. The molecule has 7 heteroatoms. The Labute approximate surface area is 184 Å². The van der Waals surface area contributed by atoms with Crippen LogP contribution in [0.4, 0.5) is 28.9 Å². The lowest BCUT2D eigenvalue weighted by molar-refractivity contribution is -0.137. The predicted molar refractivity (Wildman–Crippen MR) is 118 cm³/mol. The summed E-state index contributed by atoms with van der Waals surface area (Å²) in [5, 5.41) is 5.95. The van der Waals surface area contributed by atoms with Crippen LogP contribution in [0.25, 0.3) is 0 Å². The van der Waals surface area contributed by atoms with Crippen LogP contribution in [0, 0.1) is 5.82 Å². The summed E-state index contributed by atoms with van der Waals surface area (Å²) >= 11 is 0. The Morgan fingerprint density at radius 3 is 2.38 bits per heavy atom. The van der Waals surface area contributed by atoms with E-state index < -0.39 is 17.6 Å². The fraction of sp³-hybridized carbons (Fsp3) is 0.320. The SMILES string of the molecule is C=C1C2=C(CCC2)C(c2cccc(F)c2)=NN1c1cc(N2CCCC2)ccc1C(F)(F)F. The van der Waals surface area contributed by atoms with Crippen LogP contribution in [0.15, 0.2) is 71.0 Å². The average molecular weight is 441 g/mol. The number of hydrogen-bond acceptors (Lipinski definition) is 3. The Hall–Kier alpha value is -3.09. The van der Waals surface area contributed by atoms with E-state index in [-0.39, 0.29) is 5.69 Å². The van der Waals surface area contributed by atoms with Gasteiger partial charge in [0, 0.05) is 24.3 Å². The minimum Gasteiger partial charge on any atom is -0.371 e. The summed E-state index contributed by atoms with van der Waals surface area (Å²) < 4.78 is 56.0. The fourth-order valence-corrected chi connectivity index (χ4v) is 4.85. The van der Waals surface area contributed by atoms with Gasteiger partial charge in [0.1, 0.15) is 5.82 Å². The molecule has 2 aliphatic heterocycles. The lowest BCUT2D eigenvalue weighted by Crippen LogP contribution is -2.28. The van der Waals surface area contributed by atoms with Crippen molar-refractivity contribution in [2.45, 2.75) is 38.3 Å². The van der Waals surface area contributed by atoms with E-state index in [1.54, 1.807) is 18.2 Å². The molecule has 0 aromatic heterocycles. The van der Waals surface area contributed by atoms with Crippen LogP contribution in [-0.4, -0.2) is 18.8 Å². The van der Waals surface area contributed by atoms with Crippen molar-refractivity contribution in [1.29, 1.82) is 0 Å². The molecule has 0 saturated carbocycles. The van der Waals surface area contributed by atoms with Crippen molar-refractivity contribution >= 4 is 17.1 Å². The molecule has 3 aliphatic rings. The summed E-state index contributed by atoms with van der Waals surface area (Å²) in [6, 6.07) is 10.3. The third-order valence-electron chi connectivity index (χ3n) is 6.39. The van der Waals surface area contributed by atoms with Gasteiger partial charge in [0.15, 0.2) is 0 Å². The van der Waals surface area contributed by atoms with Crippen LogP contribution in [0.3, 0.4) is 0 Å². The molecular formula is C25H23F4N3. The number of hydrazone groups is 1.